The van der Waals surface area contributed by atoms with Crippen LogP contribution in [0.3, 0.4) is 0 Å². The molecule has 0 bridgehead atoms. The number of ether oxygens (including phenoxy) is 2. The van der Waals surface area contributed by atoms with E-state index in [4.69, 9.17) is 26.2 Å². The first-order valence-electron chi connectivity index (χ1n) is 14.4. The van der Waals surface area contributed by atoms with Gasteiger partial charge in [0.15, 0.2) is 0 Å². The Kier molecular flexibility index (Phi) is 11.1. The van der Waals surface area contributed by atoms with Gasteiger partial charge in [-0.3, -0.25) is 9.69 Å². The molecule has 2 N–H and O–H groups in total. The molecule has 0 atom stereocenters. The highest BCUT2D eigenvalue weighted by Crippen LogP contribution is 2.45. The van der Waals surface area contributed by atoms with E-state index in [1.165, 1.54) is 18.2 Å². The number of nitrogens with one attached hydrogen (secondary N) is 1. The van der Waals surface area contributed by atoms with Crippen molar-refractivity contribution in [2.45, 2.75) is 74.4 Å². The Morgan fingerprint density at radius 2 is 1.60 bits per heavy atom. The van der Waals surface area contributed by atoms with Gasteiger partial charge in [-0.1, -0.05) is 17.7 Å². The first-order valence-corrected chi connectivity index (χ1v) is 16.4. The Labute approximate surface area is 274 Å². The predicted molar refractivity (Wildman–Crippen MR) is 153 cm³/mol. The standard InChI is InChI=1S/C27H28ClF5N2O5S.C2HF3O2/c28-21-11-16(1-6-23(21)40-27(31,32)33)14-35-9-7-26(30,8-10-35)15-39-24-13-22(29)20(12-19(24)17-2-3-17)25(36)34-41(37,38)18-4-5-18;3-2(4,5)1(6)7/h1,6,11-13,17-18H,2-5,7-10,14-15H2,(H,34,36);(H,6,7). The number of likely N-dealkylation sites (tertiary alicyclic amines) is 1. The molecule has 1 aliphatic heterocycles. The summed E-state index contributed by atoms with van der Waals surface area (Å²) in [5.41, 5.74) is -0.920. The highest BCUT2D eigenvalue weighted by Gasteiger charge is 2.40. The molecular weight excluding hydrogens is 708 g/mol. The third-order valence-electron chi connectivity index (χ3n) is 7.67. The van der Waals surface area contributed by atoms with Crippen molar-refractivity contribution in [3.63, 3.8) is 0 Å². The molecule has 2 aromatic carbocycles. The number of rotatable bonds is 10. The molecule has 0 spiro atoms. The van der Waals surface area contributed by atoms with Crippen LogP contribution >= 0.6 is 11.6 Å². The summed E-state index contributed by atoms with van der Waals surface area (Å²) in [6.45, 7) is 0.699. The van der Waals surface area contributed by atoms with Crippen molar-refractivity contribution >= 4 is 33.5 Å². The lowest BCUT2D eigenvalue weighted by Gasteiger charge is -2.36. The molecule has 2 aromatic rings. The molecule has 1 heterocycles. The zero-order chi connectivity index (χ0) is 35.7. The predicted octanol–water partition coefficient (Wildman–Crippen LogP) is 6.49. The monoisotopic (exact) mass is 736 g/mol. The molecule has 2 saturated carbocycles. The number of benzene rings is 2. The summed E-state index contributed by atoms with van der Waals surface area (Å²) in [6.07, 6.45) is -7.25. The first kappa shape index (κ1) is 37.4. The number of hydrogen-bond donors (Lipinski definition) is 2. The summed E-state index contributed by atoms with van der Waals surface area (Å²) in [5.74, 6) is -5.12. The van der Waals surface area contributed by atoms with Crippen molar-refractivity contribution in [3.8, 4) is 11.5 Å². The number of carbonyl (C=O) groups excluding carboxylic acids is 1. The lowest BCUT2D eigenvalue weighted by molar-refractivity contribution is -0.274. The second-order valence-corrected chi connectivity index (χ2v) is 14.0. The number of amides is 1. The fourth-order valence-corrected chi connectivity index (χ4v) is 6.34. The van der Waals surface area contributed by atoms with Gasteiger partial charge in [0.1, 0.15) is 29.6 Å². The van der Waals surface area contributed by atoms with Crippen LogP contribution in [-0.4, -0.2) is 73.5 Å². The Bertz CT molecular complexity index is 1620. The SMILES string of the molecule is O=C(NS(=O)(=O)C1CC1)c1cc(C2CC2)c(OCC2(F)CCN(Cc3ccc(OC(F)(F)F)c(Cl)c3)CC2)cc1F.O=C(O)C(F)(F)F. The van der Waals surface area contributed by atoms with E-state index in [1.807, 2.05) is 9.62 Å². The quantitative estimate of drug-likeness (QED) is 0.266. The minimum absolute atomic E-state index is 0.00865. The lowest BCUT2D eigenvalue weighted by Crippen LogP contribution is -2.44. The highest BCUT2D eigenvalue weighted by atomic mass is 35.5. The fraction of sp³-hybridized carbons (Fsp3) is 0.517. The van der Waals surface area contributed by atoms with E-state index in [-0.39, 0.29) is 36.1 Å². The molecule has 2 aliphatic carbocycles. The number of sulfonamides is 1. The van der Waals surface area contributed by atoms with Crippen molar-refractivity contribution in [2.24, 2.45) is 0 Å². The van der Waals surface area contributed by atoms with Gasteiger partial charge >= 0.3 is 18.5 Å². The van der Waals surface area contributed by atoms with E-state index in [1.54, 1.807) is 0 Å². The van der Waals surface area contributed by atoms with Gasteiger partial charge in [0.2, 0.25) is 10.0 Å². The minimum Gasteiger partial charge on any atom is -0.490 e. The van der Waals surface area contributed by atoms with E-state index in [0.717, 1.165) is 25.0 Å². The molecular formula is C29H29ClF8N2O7S. The minimum atomic E-state index is -5.08. The number of piperidine rings is 1. The molecule has 19 heteroatoms. The molecule has 0 radical (unpaired) electrons. The van der Waals surface area contributed by atoms with Crippen LogP contribution in [0.15, 0.2) is 30.3 Å². The third kappa shape index (κ3) is 10.6. The maximum absolute atomic E-state index is 15.6. The Hall–Kier alpha value is -3.38. The molecule has 3 aliphatic rings. The maximum atomic E-state index is 15.6. The normalized spacial score (nSPS) is 18.4. The van der Waals surface area contributed by atoms with Crippen LogP contribution in [0.4, 0.5) is 35.1 Å². The van der Waals surface area contributed by atoms with Crippen molar-refractivity contribution in [2.75, 3.05) is 19.7 Å². The number of alkyl halides is 7. The number of carbonyl (C=O) groups is 2. The average molecular weight is 737 g/mol. The van der Waals surface area contributed by atoms with E-state index in [9.17, 15) is 43.9 Å². The summed E-state index contributed by atoms with van der Waals surface area (Å²) in [5, 5.41) is 6.31. The van der Waals surface area contributed by atoms with Gasteiger partial charge in [0.25, 0.3) is 5.91 Å². The average Bonchev–Trinajstić information content (AvgIpc) is 3.87. The molecule has 266 valence electrons. The number of hydrogen-bond acceptors (Lipinski definition) is 7. The van der Waals surface area contributed by atoms with Crippen LogP contribution in [-0.2, 0) is 21.4 Å². The van der Waals surface area contributed by atoms with Gasteiger partial charge in [0.05, 0.1) is 15.8 Å². The van der Waals surface area contributed by atoms with Crippen molar-refractivity contribution in [3.05, 3.63) is 57.9 Å². The Morgan fingerprint density at radius 3 is 2.10 bits per heavy atom. The van der Waals surface area contributed by atoms with E-state index in [2.05, 4.69) is 4.74 Å². The van der Waals surface area contributed by atoms with Crippen LogP contribution < -0.4 is 14.2 Å². The number of carboxylic acid groups (broad SMARTS) is 1. The summed E-state index contributed by atoms with van der Waals surface area (Å²) in [4.78, 5) is 23.4. The zero-order valence-corrected chi connectivity index (χ0v) is 26.3. The number of nitrogens with zero attached hydrogens (tertiary/aromatic N) is 1. The summed E-state index contributed by atoms with van der Waals surface area (Å²) >= 11 is 5.92. The second kappa shape index (κ2) is 14.2. The van der Waals surface area contributed by atoms with Crippen LogP contribution in [0.2, 0.25) is 5.02 Å². The van der Waals surface area contributed by atoms with Crippen LogP contribution in [0.25, 0.3) is 0 Å². The van der Waals surface area contributed by atoms with Crippen LogP contribution in [0.5, 0.6) is 11.5 Å². The van der Waals surface area contributed by atoms with Crippen molar-refractivity contribution in [1.82, 2.24) is 9.62 Å². The van der Waals surface area contributed by atoms with Gasteiger partial charge in [-0.15, -0.1) is 13.2 Å². The van der Waals surface area contributed by atoms with Gasteiger partial charge in [0, 0.05) is 25.7 Å². The van der Waals surface area contributed by atoms with E-state index in [0.29, 0.717) is 43.6 Å². The fourth-order valence-electron chi connectivity index (χ4n) is 4.80. The maximum Gasteiger partial charge on any atom is 0.573 e. The van der Waals surface area contributed by atoms with Crippen molar-refractivity contribution < 1.29 is 67.7 Å². The van der Waals surface area contributed by atoms with Gasteiger partial charge in [-0.2, -0.15) is 13.2 Å². The largest absolute Gasteiger partial charge is 0.573 e. The molecule has 48 heavy (non-hydrogen) atoms. The molecule has 0 unspecified atom stereocenters. The van der Waals surface area contributed by atoms with Gasteiger partial charge < -0.3 is 14.6 Å². The van der Waals surface area contributed by atoms with Gasteiger partial charge in [-0.25, -0.2) is 26.7 Å². The van der Waals surface area contributed by atoms with Gasteiger partial charge in [-0.05, 0) is 73.8 Å². The molecule has 5 rings (SSSR count). The summed E-state index contributed by atoms with van der Waals surface area (Å²) in [7, 11) is -3.85. The van der Waals surface area contributed by atoms with E-state index >= 15 is 4.39 Å². The summed E-state index contributed by atoms with van der Waals surface area (Å²) < 4.78 is 135. The van der Waals surface area contributed by atoms with E-state index < -0.39 is 62.5 Å². The number of halogens is 9. The molecule has 1 amide bonds. The molecule has 0 aromatic heterocycles. The summed E-state index contributed by atoms with van der Waals surface area (Å²) in [6, 6.07) is 6.29. The smallest absolute Gasteiger partial charge is 0.490 e. The van der Waals surface area contributed by atoms with Crippen LogP contribution in [0.1, 0.15) is 65.9 Å². The molecule has 9 nitrogen and oxygen atoms in total. The lowest BCUT2D eigenvalue weighted by atomic mass is 9.93. The molecule has 1 saturated heterocycles. The molecule has 3 fully saturated rings. The second-order valence-electron chi connectivity index (χ2n) is 11.7. The topological polar surface area (TPSA) is 122 Å². The third-order valence-corrected chi connectivity index (χ3v) is 9.78. The Balaban J connectivity index is 0.000000671. The highest BCUT2D eigenvalue weighted by molar-refractivity contribution is 7.91. The van der Waals surface area contributed by atoms with Crippen molar-refractivity contribution in [1.29, 1.82) is 0 Å². The number of aliphatic carboxylic acids is 1. The zero-order valence-electron chi connectivity index (χ0n) is 24.8. The first-order chi connectivity index (χ1) is 22.2. The number of carboxylic acids is 1. The van der Waals surface area contributed by atoms with Crippen LogP contribution in [0, 0.1) is 5.82 Å². The Morgan fingerprint density at radius 1 is 1.00 bits per heavy atom.